The van der Waals surface area contributed by atoms with Crippen molar-refractivity contribution in [3.05, 3.63) is 35.1 Å². The highest BCUT2D eigenvalue weighted by Crippen LogP contribution is 2.50. The maximum Gasteiger partial charge on any atom is 0.194 e. The highest BCUT2D eigenvalue weighted by Gasteiger charge is 2.38. The number of halogens is 3. The van der Waals surface area contributed by atoms with E-state index in [0.29, 0.717) is 11.5 Å². The normalized spacial score (nSPS) is 33.9. The van der Waals surface area contributed by atoms with Crippen molar-refractivity contribution in [3.8, 4) is 0 Å². The second kappa shape index (κ2) is 7.32. The first kappa shape index (κ1) is 17.4. The topological polar surface area (TPSA) is 0 Å². The summed E-state index contributed by atoms with van der Waals surface area (Å²) in [6, 6.07) is 2.44. The van der Waals surface area contributed by atoms with Gasteiger partial charge in [0.05, 0.1) is 0 Å². The molecule has 0 spiro atoms. The van der Waals surface area contributed by atoms with Crippen molar-refractivity contribution in [2.45, 2.75) is 76.5 Å². The van der Waals surface area contributed by atoms with Crippen LogP contribution in [0.1, 0.15) is 82.1 Å². The van der Waals surface area contributed by atoms with Gasteiger partial charge in [0.25, 0.3) is 0 Å². The summed E-state index contributed by atoms with van der Waals surface area (Å²) >= 11 is 0. The van der Waals surface area contributed by atoms with Crippen molar-refractivity contribution in [2.24, 2.45) is 23.7 Å². The van der Waals surface area contributed by atoms with Crippen molar-refractivity contribution < 1.29 is 13.2 Å². The lowest BCUT2D eigenvalue weighted by Gasteiger charge is -2.45. The third kappa shape index (κ3) is 3.61. The summed E-state index contributed by atoms with van der Waals surface area (Å²) in [6.07, 6.45) is 14.3. The van der Waals surface area contributed by atoms with Crippen LogP contribution in [0.3, 0.4) is 0 Å². The third-order valence-electron chi connectivity index (χ3n) is 7.45. The molecule has 25 heavy (non-hydrogen) atoms. The predicted octanol–water partition coefficient (Wildman–Crippen LogP) is 6.98. The predicted molar refractivity (Wildman–Crippen MR) is 93.8 cm³/mol. The molecule has 4 atom stereocenters. The molecule has 4 unspecified atom stereocenters. The van der Waals surface area contributed by atoms with Gasteiger partial charge in [-0.15, -0.1) is 0 Å². The Balaban J connectivity index is 1.40. The number of fused-ring (bicyclic) bond motifs is 1. The lowest BCUT2D eigenvalue weighted by atomic mass is 9.61. The van der Waals surface area contributed by atoms with Crippen LogP contribution >= 0.6 is 0 Å². The van der Waals surface area contributed by atoms with Crippen molar-refractivity contribution in [2.75, 3.05) is 0 Å². The standard InChI is InChI=1S/C22H29F3/c23-20-12-19(13-21(24)22(20)25)18-9-8-16-10-15(6-7-17(16)11-18)14-4-2-1-3-5-14/h12-18H,1-11H2. The molecule has 3 aliphatic carbocycles. The van der Waals surface area contributed by atoms with Gasteiger partial charge in [0.2, 0.25) is 0 Å². The van der Waals surface area contributed by atoms with Crippen LogP contribution in [0.15, 0.2) is 12.1 Å². The first-order chi connectivity index (χ1) is 12.1. The first-order valence-electron chi connectivity index (χ1n) is 10.3. The average Bonchev–Trinajstić information content (AvgIpc) is 2.65. The van der Waals surface area contributed by atoms with Gasteiger partial charge in [-0.25, -0.2) is 13.2 Å². The Morgan fingerprint density at radius 1 is 0.600 bits per heavy atom. The Kier molecular flexibility index (Phi) is 5.11. The van der Waals surface area contributed by atoms with Crippen LogP contribution < -0.4 is 0 Å². The highest BCUT2D eigenvalue weighted by molar-refractivity contribution is 5.24. The van der Waals surface area contributed by atoms with Crippen molar-refractivity contribution in [1.82, 2.24) is 0 Å². The zero-order valence-electron chi connectivity index (χ0n) is 15.0. The second-order valence-corrected chi connectivity index (χ2v) is 8.80. The van der Waals surface area contributed by atoms with E-state index in [9.17, 15) is 13.2 Å². The fourth-order valence-corrected chi connectivity index (χ4v) is 6.07. The van der Waals surface area contributed by atoms with Gasteiger partial charge in [0.1, 0.15) is 0 Å². The van der Waals surface area contributed by atoms with Crippen molar-refractivity contribution in [1.29, 1.82) is 0 Å². The van der Waals surface area contributed by atoms with E-state index < -0.39 is 17.5 Å². The fourth-order valence-electron chi connectivity index (χ4n) is 6.07. The molecule has 3 heteroatoms. The molecule has 3 aliphatic rings. The second-order valence-electron chi connectivity index (χ2n) is 8.80. The van der Waals surface area contributed by atoms with E-state index in [1.54, 1.807) is 0 Å². The van der Waals surface area contributed by atoms with Crippen LogP contribution in [0.5, 0.6) is 0 Å². The number of hydrogen-bond donors (Lipinski definition) is 0. The molecule has 1 aromatic rings. The van der Waals surface area contributed by atoms with E-state index >= 15 is 0 Å². The Morgan fingerprint density at radius 2 is 1.16 bits per heavy atom. The molecule has 0 amide bonds. The van der Waals surface area contributed by atoms with E-state index in [0.717, 1.165) is 30.6 Å². The minimum atomic E-state index is -1.34. The molecule has 0 radical (unpaired) electrons. The smallest absolute Gasteiger partial charge is 0.194 e. The molecule has 0 bridgehead atoms. The molecular weight excluding hydrogens is 321 g/mol. The summed E-state index contributed by atoms with van der Waals surface area (Å²) < 4.78 is 40.4. The summed E-state index contributed by atoms with van der Waals surface area (Å²) in [4.78, 5) is 0. The molecular formula is C22H29F3. The van der Waals surface area contributed by atoms with E-state index in [1.165, 1.54) is 69.9 Å². The lowest BCUT2D eigenvalue weighted by Crippen LogP contribution is -2.33. The molecule has 0 aromatic heterocycles. The van der Waals surface area contributed by atoms with Crippen LogP contribution in [0.2, 0.25) is 0 Å². The van der Waals surface area contributed by atoms with Gasteiger partial charge in [-0.05, 0) is 85.8 Å². The Morgan fingerprint density at radius 3 is 1.84 bits per heavy atom. The Bertz CT molecular complexity index is 582. The van der Waals surface area contributed by atoms with E-state index in [1.807, 2.05) is 0 Å². The minimum absolute atomic E-state index is 0.192. The molecule has 1 aromatic carbocycles. The highest BCUT2D eigenvalue weighted by atomic mass is 19.2. The third-order valence-corrected chi connectivity index (χ3v) is 7.45. The van der Waals surface area contributed by atoms with E-state index in [2.05, 4.69) is 0 Å². The van der Waals surface area contributed by atoms with Gasteiger partial charge >= 0.3 is 0 Å². The number of rotatable bonds is 2. The molecule has 0 heterocycles. The van der Waals surface area contributed by atoms with Crippen LogP contribution in [0.25, 0.3) is 0 Å². The van der Waals surface area contributed by atoms with Crippen LogP contribution in [-0.4, -0.2) is 0 Å². The zero-order valence-corrected chi connectivity index (χ0v) is 15.0. The van der Waals surface area contributed by atoms with Gasteiger partial charge in [-0.2, -0.15) is 0 Å². The maximum absolute atomic E-state index is 13.6. The molecule has 0 nitrogen and oxygen atoms in total. The summed E-state index contributed by atoms with van der Waals surface area (Å²) in [5, 5.41) is 0. The number of hydrogen-bond acceptors (Lipinski definition) is 0. The molecule has 0 N–H and O–H groups in total. The van der Waals surface area contributed by atoms with Crippen LogP contribution in [0, 0.1) is 41.1 Å². The summed E-state index contributed by atoms with van der Waals surface area (Å²) in [7, 11) is 0. The number of benzene rings is 1. The quantitative estimate of drug-likeness (QED) is 0.505. The fraction of sp³-hybridized carbons (Fsp3) is 0.727. The minimum Gasteiger partial charge on any atom is -0.204 e. The van der Waals surface area contributed by atoms with Gasteiger partial charge in [-0.3, -0.25) is 0 Å². The van der Waals surface area contributed by atoms with Crippen LogP contribution in [0.4, 0.5) is 13.2 Å². The molecule has 138 valence electrons. The van der Waals surface area contributed by atoms with Gasteiger partial charge in [-0.1, -0.05) is 32.1 Å². The SMILES string of the molecule is Fc1cc(C2CCC3CC(C4CCCCC4)CCC3C2)cc(F)c1F. The summed E-state index contributed by atoms with van der Waals surface area (Å²) in [6.45, 7) is 0. The van der Waals surface area contributed by atoms with Crippen molar-refractivity contribution >= 4 is 0 Å². The molecule has 4 rings (SSSR count). The summed E-state index contributed by atoms with van der Waals surface area (Å²) in [5.74, 6) is 0.118. The van der Waals surface area contributed by atoms with Gasteiger partial charge in [0, 0.05) is 0 Å². The molecule has 3 fully saturated rings. The summed E-state index contributed by atoms with van der Waals surface area (Å²) in [5.41, 5.74) is 0.657. The van der Waals surface area contributed by atoms with Crippen LogP contribution in [-0.2, 0) is 0 Å². The van der Waals surface area contributed by atoms with Gasteiger partial charge in [0.15, 0.2) is 17.5 Å². The Hall–Kier alpha value is -0.990. The molecule has 0 saturated heterocycles. The van der Waals surface area contributed by atoms with E-state index in [4.69, 9.17) is 0 Å². The monoisotopic (exact) mass is 350 g/mol. The first-order valence-corrected chi connectivity index (χ1v) is 10.3. The lowest BCUT2D eigenvalue weighted by molar-refractivity contribution is 0.0784. The Labute approximate surface area is 149 Å². The van der Waals surface area contributed by atoms with E-state index in [-0.39, 0.29) is 5.92 Å². The maximum atomic E-state index is 13.6. The van der Waals surface area contributed by atoms with Crippen molar-refractivity contribution in [3.63, 3.8) is 0 Å². The van der Waals surface area contributed by atoms with Gasteiger partial charge < -0.3 is 0 Å². The molecule has 0 aliphatic heterocycles. The zero-order chi connectivity index (χ0) is 17.4. The largest absolute Gasteiger partial charge is 0.204 e. The average molecular weight is 350 g/mol. The molecule has 3 saturated carbocycles.